The fraction of sp³-hybridized carbons (Fsp3) is 0.320. The highest BCUT2D eigenvalue weighted by Gasteiger charge is 2.27. The Labute approximate surface area is 186 Å². The fourth-order valence-electron chi connectivity index (χ4n) is 4.36. The third-order valence-corrected chi connectivity index (χ3v) is 7.20. The standard InChI is InChI=1S/C25H26N4OS/c1-17-24(31-23(26-17)16-18-7-3-2-4-8-18)25(30)29-13-11-19(12-14-29)15-22-27-20-9-5-6-10-21(20)28-22/h2-10,19H,11-16H2,1H3,(H,27,28). The van der Waals surface area contributed by atoms with Crippen molar-refractivity contribution in [1.29, 1.82) is 0 Å². The molecule has 1 aliphatic rings. The fourth-order valence-corrected chi connectivity index (χ4v) is 5.42. The number of piperidine rings is 1. The molecule has 0 atom stereocenters. The number of thiazole rings is 1. The first-order valence-electron chi connectivity index (χ1n) is 10.9. The molecule has 1 N–H and O–H groups in total. The van der Waals surface area contributed by atoms with Gasteiger partial charge in [0.2, 0.25) is 0 Å². The Morgan fingerprint density at radius 1 is 1.06 bits per heavy atom. The number of benzene rings is 2. The number of aryl methyl sites for hydroxylation is 1. The van der Waals surface area contributed by atoms with Crippen molar-refractivity contribution >= 4 is 28.3 Å². The van der Waals surface area contributed by atoms with Crippen LogP contribution >= 0.6 is 11.3 Å². The number of nitrogens with zero attached hydrogens (tertiary/aromatic N) is 3. The van der Waals surface area contributed by atoms with Crippen LogP contribution in [0.3, 0.4) is 0 Å². The van der Waals surface area contributed by atoms with Crippen molar-refractivity contribution in [3.05, 3.63) is 81.6 Å². The molecule has 3 heterocycles. The van der Waals surface area contributed by atoms with Gasteiger partial charge in [-0.25, -0.2) is 9.97 Å². The lowest BCUT2D eigenvalue weighted by Crippen LogP contribution is -2.38. The summed E-state index contributed by atoms with van der Waals surface area (Å²) >= 11 is 1.54. The van der Waals surface area contributed by atoms with Crippen molar-refractivity contribution in [2.24, 2.45) is 5.92 Å². The van der Waals surface area contributed by atoms with Gasteiger partial charge in [0.25, 0.3) is 5.91 Å². The van der Waals surface area contributed by atoms with Gasteiger partial charge < -0.3 is 9.88 Å². The number of aromatic nitrogens is 3. The third-order valence-electron chi connectivity index (χ3n) is 6.06. The van der Waals surface area contributed by atoms with Crippen LogP contribution in [-0.2, 0) is 12.8 Å². The van der Waals surface area contributed by atoms with E-state index >= 15 is 0 Å². The Morgan fingerprint density at radius 2 is 1.81 bits per heavy atom. The van der Waals surface area contributed by atoms with E-state index in [1.54, 1.807) is 11.3 Å². The molecular formula is C25H26N4OS. The van der Waals surface area contributed by atoms with Gasteiger partial charge in [0.15, 0.2) is 0 Å². The summed E-state index contributed by atoms with van der Waals surface area (Å²) in [4.78, 5) is 28.8. The quantitative estimate of drug-likeness (QED) is 0.484. The van der Waals surface area contributed by atoms with Crippen LogP contribution in [-0.4, -0.2) is 38.8 Å². The van der Waals surface area contributed by atoms with E-state index in [0.29, 0.717) is 5.92 Å². The maximum Gasteiger partial charge on any atom is 0.265 e. The van der Waals surface area contributed by atoms with Crippen molar-refractivity contribution in [3.63, 3.8) is 0 Å². The first kappa shape index (κ1) is 19.9. The van der Waals surface area contributed by atoms with Crippen LogP contribution in [0.1, 0.15) is 44.6 Å². The number of H-pyrrole nitrogens is 1. The molecule has 5 rings (SSSR count). The number of para-hydroxylation sites is 2. The molecule has 0 aliphatic carbocycles. The van der Waals surface area contributed by atoms with Gasteiger partial charge in [-0.3, -0.25) is 4.79 Å². The monoisotopic (exact) mass is 430 g/mol. The van der Waals surface area contributed by atoms with Crippen molar-refractivity contribution in [1.82, 2.24) is 19.9 Å². The minimum Gasteiger partial charge on any atom is -0.342 e. The van der Waals surface area contributed by atoms with Crippen molar-refractivity contribution in [2.45, 2.75) is 32.6 Å². The second-order valence-corrected chi connectivity index (χ2v) is 9.41. The molecule has 1 saturated heterocycles. The molecule has 0 spiro atoms. The Kier molecular flexibility index (Phi) is 5.55. The third kappa shape index (κ3) is 4.39. The largest absolute Gasteiger partial charge is 0.342 e. The van der Waals surface area contributed by atoms with E-state index < -0.39 is 0 Å². The normalized spacial score (nSPS) is 14.9. The Balaban J connectivity index is 1.20. The van der Waals surface area contributed by atoms with Gasteiger partial charge in [-0.1, -0.05) is 42.5 Å². The van der Waals surface area contributed by atoms with E-state index in [1.165, 1.54) is 5.56 Å². The van der Waals surface area contributed by atoms with Gasteiger partial charge in [-0.15, -0.1) is 11.3 Å². The Bertz CT molecular complexity index is 1160. The molecule has 0 bridgehead atoms. The smallest absolute Gasteiger partial charge is 0.265 e. The lowest BCUT2D eigenvalue weighted by molar-refractivity contribution is 0.0694. The van der Waals surface area contributed by atoms with Crippen molar-refractivity contribution < 1.29 is 4.79 Å². The molecule has 0 saturated carbocycles. The molecule has 2 aromatic heterocycles. The second-order valence-electron chi connectivity index (χ2n) is 8.32. The van der Waals surface area contributed by atoms with E-state index in [0.717, 1.165) is 71.2 Å². The number of imidazole rings is 1. The summed E-state index contributed by atoms with van der Waals surface area (Å²) in [7, 11) is 0. The summed E-state index contributed by atoms with van der Waals surface area (Å²) in [5.41, 5.74) is 4.20. The molecule has 5 nitrogen and oxygen atoms in total. The zero-order valence-electron chi connectivity index (χ0n) is 17.7. The van der Waals surface area contributed by atoms with Gasteiger partial charge in [-0.2, -0.15) is 0 Å². The predicted octanol–water partition coefficient (Wildman–Crippen LogP) is 5.01. The minimum atomic E-state index is 0.136. The molecule has 4 aromatic rings. The molecule has 2 aromatic carbocycles. The van der Waals surface area contributed by atoms with Crippen LogP contribution in [0, 0.1) is 12.8 Å². The molecule has 6 heteroatoms. The van der Waals surface area contributed by atoms with Gasteiger partial charge in [-0.05, 0) is 43.4 Å². The number of amides is 1. The first-order chi connectivity index (χ1) is 15.2. The maximum atomic E-state index is 13.1. The molecule has 158 valence electrons. The molecular weight excluding hydrogens is 404 g/mol. The van der Waals surface area contributed by atoms with Gasteiger partial charge in [0.1, 0.15) is 10.7 Å². The zero-order chi connectivity index (χ0) is 21.2. The van der Waals surface area contributed by atoms with Gasteiger partial charge >= 0.3 is 0 Å². The number of likely N-dealkylation sites (tertiary alicyclic amines) is 1. The molecule has 1 fully saturated rings. The average molecular weight is 431 g/mol. The van der Waals surface area contributed by atoms with Crippen molar-refractivity contribution in [2.75, 3.05) is 13.1 Å². The van der Waals surface area contributed by atoms with Crippen LogP contribution in [0.2, 0.25) is 0 Å². The molecule has 1 aliphatic heterocycles. The summed E-state index contributed by atoms with van der Waals surface area (Å²) in [5.74, 6) is 1.74. The summed E-state index contributed by atoms with van der Waals surface area (Å²) in [6, 6.07) is 18.5. The van der Waals surface area contributed by atoms with E-state index in [-0.39, 0.29) is 5.91 Å². The zero-order valence-corrected chi connectivity index (χ0v) is 18.5. The van der Waals surface area contributed by atoms with Crippen LogP contribution in [0.25, 0.3) is 11.0 Å². The summed E-state index contributed by atoms with van der Waals surface area (Å²) in [6.45, 7) is 3.55. The average Bonchev–Trinajstić information content (AvgIpc) is 3.36. The number of aromatic amines is 1. The van der Waals surface area contributed by atoms with Crippen LogP contribution in [0.15, 0.2) is 54.6 Å². The summed E-state index contributed by atoms with van der Waals surface area (Å²) in [5, 5.41) is 1.01. The van der Waals surface area contributed by atoms with Crippen LogP contribution in [0.5, 0.6) is 0 Å². The number of hydrogen-bond donors (Lipinski definition) is 1. The number of carbonyl (C=O) groups is 1. The lowest BCUT2D eigenvalue weighted by Gasteiger charge is -2.31. The number of carbonyl (C=O) groups excluding carboxylic acids is 1. The second kappa shape index (κ2) is 8.63. The molecule has 0 unspecified atom stereocenters. The Morgan fingerprint density at radius 3 is 2.58 bits per heavy atom. The highest BCUT2D eigenvalue weighted by Crippen LogP contribution is 2.27. The SMILES string of the molecule is Cc1nc(Cc2ccccc2)sc1C(=O)N1CCC(Cc2nc3ccccc3[nH]2)CC1. The van der Waals surface area contributed by atoms with E-state index in [4.69, 9.17) is 4.98 Å². The minimum absolute atomic E-state index is 0.136. The molecule has 0 radical (unpaired) electrons. The number of fused-ring (bicyclic) bond motifs is 1. The van der Waals surface area contributed by atoms with Gasteiger partial charge in [0.05, 0.1) is 21.7 Å². The number of rotatable bonds is 5. The highest BCUT2D eigenvalue weighted by atomic mass is 32.1. The van der Waals surface area contributed by atoms with E-state index in [2.05, 4.69) is 28.2 Å². The Hall–Kier alpha value is -2.99. The van der Waals surface area contributed by atoms with E-state index in [9.17, 15) is 4.79 Å². The maximum absolute atomic E-state index is 13.1. The lowest BCUT2D eigenvalue weighted by atomic mass is 9.93. The van der Waals surface area contributed by atoms with Gasteiger partial charge in [0, 0.05) is 25.9 Å². The van der Waals surface area contributed by atoms with Crippen molar-refractivity contribution in [3.8, 4) is 0 Å². The number of hydrogen-bond acceptors (Lipinski definition) is 4. The summed E-state index contributed by atoms with van der Waals surface area (Å²) in [6.07, 6.45) is 3.74. The van der Waals surface area contributed by atoms with Crippen LogP contribution < -0.4 is 0 Å². The summed E-state index contributed by atoms with van der Waals surface area (Å²) < 4.78 is 0. The predicted molar refractivity (Wildman–Crippen MR) is 125 cm³/mol. The highest BCUT2D eigenvalue weighted by molar-refractivity contribution is 7.13. The molecule has 1 amide bonds. The van der Waals surface area contributed by atoms with Crippen LogP contribution in [0.4, 0.5) is 0 Å². The molecule has 31 heavy (non-hydrogen) atoms. The topological polar surface area (TPSA) is 61.9 Å². The number of nitrogens with one attached hydrogen (secondary N) is 1. The van der Waals surface area contributed by atoms with E-state index in [1.807, 2.05) is 48.2 Å². The first-order valence-corrected chi connectivity index (χ1v) is 11.7.